The Labute approximate surface area is 145 Å². The van der Waals surface area contributed by atoms with Crippen molar-refractivity contribution in [3.05, 3.63) is 35.4 Å². The molecule has 0 fully saturated rings. The molecule has 134 valence electrons. The number of carbonyl (C=O) groups excluding carboxylic acids is 1. The molecule has 5 heteroatoms. The minimum absolute atomic E-state index is 0.0109. The Morgan fingerprint density at radius 1 is 1.12 bits per heavy atom. The molecule has 24 heavy (non-hydrogen) atoms. The van der Waals surface area contributed by atoms with Gasteiger partial charge in [-0.2, -0.15) is 0 Å². The van der Waals surface area contributed by atoms with Gasteiger partial charge in [0.2, 0.25) is 5.91 Å². The zero-order valence-corrected chi connectivity index (χ0v) is 15.4. The summed E-state index contributed by atoms with van der Waals surface area (Å²) in [6.45, 7) is 10.8. The van der Waals surface area contributed by atoms with Crippen LogP contribution in [0.2, 0.25) is 0 Å². The summed E-state index contributed by atoms with van der Waals surface area (Å²) in [5.41, 5.74) is 2.60. The second kappa shape index (κ2) is 8.83. The van der Waals surface area contributed by atoms with Gasteiger partial charge in [0, 0.05) is 12.6 Å². The molecular weight excluding hydrogens is 304 g/mol. The fourth-order valence-electron chi connectivity index (χ4n) is 2.35. The molecule has 0 heterocycles. The monoisotopic (exact) mass is 334 g/mol. The molecule has 0 aliphatic heterocycles. The Balaban J connectivity index is 2.43. The van der Waals surface area contributed by atoms with Gasteiger partial charge in [0.05, 0.1) is 13.1 Å². The van der Waals surface area contributed by atoms with Crippen LogP contribution in [0.25, 0.3) is 0 Å². The van der Waals surface area contributed by atoms with E-state index in [4.69, 9.17) is 5.11 Å². The third-order valence-corrected chi connectivity index (χ3v) is 3.97. The number of carboxylic acids is 1. The molecule has 0 radical (unpaired) electrons. The van der Waals surface area contributed by atoms with Gasteiger partial charge in [-0.1, -0.05) is 45.0 Å². The van der Waals surface area contributed by atoms with Crippen LogP contribution in [0.1, 0.15) is 45.7 Å². The van der Waals surface area contributed by atoms with E-state index in [2.05, 4.69) is 50.4 Å². The summed E-state index contributed by atoms with van der Waals surface area (Å²) in [5, 5.41) is 11.7. The summed E-state index contributed by atoms with van der Waals surface area (Å²) in [7, 11) is 0. The third-order valence-electron chi connectivity index (χ3n) is 3.97. The van der Waals surface area contributed by atoms with Crippen molar-refractivity contribution in [2.24, 2.45) is 0 Å². The maximum absolute atomic E-state index is 12.0. The van der Waals surface area contributed by atoms with Crippen LogP contribution in [-0.4, -0.2) is 47.6 Å². The van der Waals surface area contributed by atoms with Crippen LogP contribution in [0.4, 0.5) is 0 Å². The molecule has 5 nitrogen and oxygen atoms in total. The van der Waals surface area contributed by atoms with Crippen molar-refractivity contribution in [2.45, 2.75) is 52.5 Å². The lowest BCUT2D eigenvalue weighted by Gasteiger charge is -2.23. The first kappa shape index (κ1) is 20.2. The van der Waals surface area contributed by atoms with Crippen molar-refractivity contribution in [3.8, 4) is 0 Å². The molecule has 0 bridgehead atoms. The van der Waals surface area contributed by atoms with E-state index in [0.29, 0.717) is 6.54 Å². The molecule has 1 aromatic rings. The summed E-state index contributed by atoms with van der Waals surface area (Å²) in [6.07, 6.45) is 0.761. The Hall–Kier alpha value is -1.88. The number of hydrogen-bond donors (Lipinski definition) is 2. The molecule has 1 rings (SSSR count). The number of nitrogens with one attached hydrogen (secondary N) is 1. The molecular formula is C19H30N2O3. The van der Waals surface area contributed by atoms with E-state index < -0.39 is 5.97 Å². The second-order valence-electron chi connectivity index (χ2n) is 7.44. The fraction of sp³-hybridized carbons (Fsp3) is 0.579. The minimum atomic E-state index is -0.921. The average molecular weight is 334 g/mol. The SMILES string of the molecule is CC(C)N(CC(=O)O)CC(=O)NCCc1ccc(C(C)(C)C)cc1. The smallest absolute Gasteiger partial charge is 0.317 e. The maximum Gasteiger partial charge on any atom is 0.317 e. The summed E-state index contributed by atoms with van der Waals surface area (Å²) in [6, 6.07) is 8.46. The molecule has 0 spiro atoms. The van der Waals surface area contributed by atoms with E-state index in [1.165, 1.54) is 11.1 Å². The molecule has 0 aliphatic carbocycles. The van der Waals surface area contributed by atoms with E-state index in [9.17, 15) is 9.59 Å². The van der Waals surface area contributed by atoms with Gasteiger partial charge in [-0.25, -0.2) is 0 Å². The fourth-order valence-corrected chi connectivity index (χ4v) is 2.35. The predicted octanol–water partition coefficient (Wildman–Crippen LogP) is 2.44. The van der Waals surface area contributed by atoms with Crippen molar-refractivity contribution in [1.29, 1.82) is 0 Å². The zero-order chi connectivity index (χ0) is 18.3. The van der Waals surface area contributed by atoms with E-state index in [-0.39, 0.29) is 30.5 Å². The summed E-state index contributed by atoms with van der Waals surface area (Å²) >= 11 is 0. The van der Waals surface area contributed by atoms with Crippen LogP contribution in [0, 0.1) is 0 Å². The molecule has 0 aromatic heterocycles. The number of amides is 1. The van der Waals surface area contributed by atoms with Crippen molar-refractivity contribution < 1.29 is 14.7 Å². The van der Waals surface area contributed by atoms with Gasteiger partial charge < -0.3 is 10.4 Å². The number of nitrogens with zero attached hydrogens (tertiary/aromatic N) is 1. The molecule has 0 aliphatic rings. The Kier molecular flexibility index (Phi) is 7.42. The van der Waals surface area contributed by atoms with E-state index >= 15 is 0 Å². The van der Waals surface area contributed by atoms with Gasteiger partial charge in [-0.15, -0.1) is 0 Å². The first-order chi connectivity index (χ1) is 11.1. The lowest BCUT2D eigenvalue weighted by molar-refractivity contribution is -0.139. The van der Waals surface area contributed by atoms with Crippen LogP contribution >= 0.6 is 0 Å². The lowest BCUT2D eigenvalue weighted by Crippen LogP contribution is -2.43. The summed E-state index contributed by atoms with van der Waals surface area (Å²) in [4.78, 5) is 24.4. The van der Waals surface area contributed by atoms with E-state index in [0.717, 1.165) is 6.42 Å². The van der Waals surface area contributed by atoms with E-state index in [1.807, 2.05) is 13.8 Å². The average Bonchev–Trinajstić information content (AvgIpc) is 2.45. The highest BCUT2D eigenvalue weighted by molar-refractivity contribution is 5.79. The van der Waals surface area contributed by atoms with E-state index in [1.54, 1.807) is 4.90 Å². The summed E-state index contributed by atoms with van der Waals surface area (Å²) < 4.78 is 0. The maximum atomic E-state index is 12.0. The number of rotatable bonds is 8. The first-order valence-electron chi connectivity index (χ1n) is 8.41. The molecule has 0 saturated carbocycles. The van der Waals surface area contributed by atoms with Gasteiger partial charge in [0.25, 0.3) is 0 Å². The van der Waals surface area contributed by atoms with Gasteiger partial charge in [-0.05, 0) is 36.8 Å². The highest BCUT2D eigenvalue weighted by atomic mass is 16.4. The van der Waals surface area contributed by atoms with Crippen molar-refractivity contribution in [2.75, 3.05) is 19.6 Å². The normalized spacial score (nSPS) is 11.8. The molecule has 2 N–H and O–H groups in total. The molecule has 0 saturated heterocycles. The van der Waals surface area contributed by atoms with Crippen molar-refractivity contribution >= 4 is 11.9 Å². The Morgan fingerprint density at radius 3 is 2.17 bits per heavy atom. The van der Waals surface area contributed by atoms with Gasteiger partial charge >= 0.3 is 5.97 Å². The highest BCUT2D eigenvalue weighted by Crippen LogP contribution is 2.22. The molecule has 0 atom stereocenters. The topological polar surface area (TPSA) is 69.6 Å². The lowest BCUT2D eigenvalue weighted by atomic mass is 9.86. The third kappa shape index (κ3) is 7.13. The van der Waals surface area contributed by atoms with Crippen molar-refractivity contribution in [3.63, 3.8) is 0 Å². The van der Waals surface area contributed by atoms with Crippen LogP contribution in [-0.2, 0) is 21.4 Å². The van der Waals surface area contributed by atoms with Crippen LogP contribution in [0.15, 0.2) is 24.3 Å². The number of hydrogen-bond acceptors (Lipinski definition) is 3. The quantitative estimate of drug-likeness (QED) is 0.766. The van der Waals surface area contributed by atoms with Gasteiger partial charge in [0.1, 0.15) is 0 Å². The summed E-state index contributed by atoms with van der Waals surface area (Å²) in [5.74, 6) is -1.06. The Morgan fingerprint density at radius 2 is 1.71 bits per heavy atom. The first-order valence-corrected chi connectivity index (χ1v) is 8.41. The van der Waals surface area contributed by atoms with Crippen LogP contribution < -0.4 is 5.32 Å². The second-order valence-corrected chi connectivity index (χ2v) is 7.44. The largest absolute Gasteiger partial charge is 0.480 e. The van der Waals surface area contributed by atoms with Gasteiger partial charge in [0.15, 0.2) is 0 Å². The molecule has 0 unspecified atom stereocenters. The number of aliphatic carboxylic acids is 1. The number of carbonyl (C=O) groups is 2. The standard InChI is InChI=1S/C19H30N2O3/c1-14(2)21(13-18(23)24)12-17(22)20-11-10-15-6-8-16(9-7-15)19(3,4)5/h6-9,14H,10-13H2,1-5H3,(H,20,22)(H,23,24). The predicted molar refractivity (Wildman–Crippen MR) is 96.2 cm³/mol. The minimum Gasteiger partial charge on any atom is -0.480 e. The zero-order valence-electron chi connectivity index (χ0n) is 15.4. The highest BCUT2D eigenvalue weighted by Gasteiger charge is 2.17. The number of carboxylic acid groups (broad SMARTS) is 1. The Bertz CT molecular complexity index is 545. The van der Waals surface area contributed by atoms with Gasteiger partial charge in [-0.3, -0.25) is 14.5 Å². The van der Waals surface area contributed by atoms with Crippen molar-refractivity contribution in [1.82, 2.24) is 10.2 Å². The molecule has 1 amide bonds. The number of benzene rings is 1. The van der Waals surface area contributed by atoms with Crippen LogP contribution in [0.5, 0.6) is 0 Å². The van der Waals surface area contributed by atoms with Crippen LogP contribution in [0.3, 0.4) is 0 Å². The molecule has 1 aromatic carbocycles.